The quantitative estimate of drug-likeness (QED) is 0.864. The number of aliphatic hydroxyl groups excluding tert-OH is 1. The van der Waals surface area contributed by atoms with Crippen molar-refractivity contribution in [2.75, 3.05) is 13.2 Å². The van der Waals surface area contributed by atoms with E-state index in [4.69, 9.17) is 4.74 Å². The third kappa shape index (κ3) is 3.05. The fraction of sp³-hybridized carbons (Fsp3) is 0.333. The van der Waals surface area contributed by atoms with Crippen molar-refractivity contribution in [2.45, 2.75) is 19.1 Å². The van der Waals surface area contributed by atoms with Crippen molar-refractivity contribution in [3.8, 4) is 5.88 Å². The minimum Gasteiger partial charge on any atom is -0.476 e. The minimum atomic E-state index is -0.582. The van der Waals surface area contributed by atoms with Gasteiger partial charge in [-0.2, -0.15) is 5.10 Å². The van der Waals surface area contributed by atoms with Crippen LogP contribution in [0.2, 0.25) is 0 Å². The number of nitrogens with one attached hydrogen (secondary N) is 1. The SMILES string of the molecule is O=C(NCCC(O)c1ccccc1)c1cc2n(n1)CCO2. The normalized spacial score (nSPS) is 14.3. The van der Waals surface area contributed by atoms with E-state index in [1.165, 1.54) is 0 Å². The standard InChI is InChI=1S/C15H17N3O3/c19-13(11-4-2-1-3-5-11)6-7-16-15(20)12-10-14-18(17-12)8-9-21-14/h1-5,10,13,19H,6-9H2,(H,16,20). The van der Waals surface area contributed by atoms with E-state index in [1.807, 2.05) is 30.3 Å². The van der Waals surface area contributed by atoms with Crippen LogP contribution in [0, 0.1) is 0 Å². The molecular weight excluding hydrogens is 270 g/mol. The Morgan fingerprint density at radius 1 is 1.43 bits per heavy atom. The van der Waals surface area contributed by atoms with E-state index in [9.17, 15) is 9.90 Å². The molecule has 3 rings (SSSR count). The predicted octanol–water partition coefficient (Wildman–Crippen LogP) is 1.13. The Kier molecular flexibility index (Phi) is 3.87. The Labute approximate surface area is 122 Å². The van der Waals surface area contributed by atoms with Crippen molar-refractivity contribution in [3.63, 3.8) is 0 Å². The lowest BCUT2D eigenvalue weighted by molar-refractivity contribution is 0.0936. The van der Waals surface area contributed by atoms with Crippen LogP contribution in [0.25, 0.3) is 0 Å². The van der Waals surface area contributed by atoms with Gasteiger partial charge in [-0.05, 0) is 12.0 Å². The zero-order chi connectivity index (χ0) is 14.7. The number of benzene rings is 1. The summed E-state index contributed by atoms with van der Waals surface area (Å²) in [5.74, 6) is 0.380. The number of aromatic nitrogens is 2. The first-order valence-corrected chi connectivity index (χ1v) is 6.96. The number of aliphatic hydroxyl groups is 1. The van der Waals surface area contributed by atoms with Crippen LogP contribution in [-0.4, -0.2) is 33.9 Å². The topological polar surface area (TPSA) is 76.4 Å². The molecule has 1 amide bonds. The lowest BCUT2D eigenvalue weighted by Crippen LogP contribution is -2.26. The van der Waals surface area contributed by atoms with Gasteiger partial charge in [-0.25, -0.2) is 4.68 Å². The van der Waals surface area contributed by atoms with Gasteiger partial charge in [0.15, 0.2) is 5.69 Å². The monoisotopic (exact) mass is 287 g/mol. The van der Waals surface area contributed by atoms with Gasteiger partial charge in [0.25, 0.3) is 5.91 Å². The van der Waals surface area contributed by atoms with Crippen LogP contribution in [0.15, 0.2) is 36.4 Å². The number of carbonyl (C=O) groups is 1. The molecule has 2 heterocycles. The van der Waals surface area contributed by atoms with Crippen LogP contribution in [0.5, 0.6) is 5.88 Å². The van der Waals surface area contributed by atoms with Gasteiger partial charge in [-0.1, -0.05) is 30.3 Å². The third-order valence-corrected chi connectivity index (χ3v) is 3.42. The van der Waals surface area contributed by atoms with Crippen LogP contribution in [-0.2, 0) is 6.54 Å². The molecule has 1 unspecified atom stereocenters. The highest BCUT2D eigenvalue weighted by Gasteiger charge is 2.19. The molecular formula is C15H17N3O3. The number of hydrogen-bond acceptors (Lipinski definition) is 4. The highest BCUT2D eigenvalue weighted by Crippen LogP contribution is 2.18. The molecule has 6 heteroatoms. The Balaban J connectivity index is 1.49. The molecule has 0 aliphatic carbocycles. The summed E-state index contributed by atoms with van der Waals surface area (Å²) >= 11 is 0. The summed E-state index contributed by atoms with van der Waals surface area (Å²) in [7, 11) is 0. The molecule has 1 aromatic carbocycles. The maximum absolute atomic E-state index is 11.9. The summed E-state index contributed by atoms with van der Waals surface area (Å²) in [5.41, 5.74) is 1.19. The number of fused-ring (bicyclic) bond motifs is 1. The van der Waals surface area contributed by atoms with Crippen molar-refractivity contribution < 1.29 is 14.6 Å². The largest absolute Gasteiger partial charge is 0.476 e. The van der Waals surface area contributed by atoms with Crippen LogP contribution in [0.1, 0.15) is 28.6 Å². The van der Waals surface area contributed by atoms with Crippen molar-refractivity contribution >= 4 is 5.91 Å². The van der Waals surface area contributed by atoms with Gasteiger partial charge < -0.3 is 15.2 Å². The maximum Gasteiger partial charge on any atom is 0.271 e. The molecule has 1 aliphatic heterocycles. The van der Waals surface area contributed by atoms with Gasteiger partial charge in [-0.3, -0.25) is 4.79 Å². The second-order valence-corrected chi connectivity index (χ2v) is 4.91. The van der Waals surface area contributed by atoms with Crippen LogP contribution in [0.4, 0.5) is 0 Å². The van der Waals surface area contributed by atoms with E-state index >= 15 is 0 Å². The minimum absolute atomic E-state index is 0.249. The second-order valence-electron chi connectivity index (χ2n) is 4.91. The van der Waals surface area contributed by atoms with Gasteiger partial charge >= 0.3 is 0 Å². The van der Waals surface area contributed by atoms with Crippen molar-refractivity contribution in [2.24, 2.45) is 0 Å². The number of carbonyl (C=O) groups excluding carboxylic acids is 1. The molecule has 0 fully saturated rings. The Morgan fingerprint density at radius 2 is 2.24 bits per heavy atom. The van der Waals surface area contributed by atoms with Gasteiger partial charge in [-0.15, -0.1) is 0 Å². The maximum atomic E-state index is 11.9. The van der Waals surface area contributed by atoms with E-state index in [-0.39, 0.29) is 5.91 Å². The number of amides is 1. The second kappa shape index (κ2) is 5.97. The predicted molar refractivity (Wildman–Crippen MR) is 76.1 cm³/mol. The van der Waals surface area contributed by atoms with Crippen LogP contribution < -0.4 is 10.1 Å². The van der Waals surface area contributed by atoms with Crippen LogP contribution in [0.3, 0.4) is 0 Å². The molecule has 0 spiro atoms. The number of nitrogens with zero attached hydrogens (tertiary/aromatic N) is 2. The third-order valence-electron chi connectivity index (χ3n) is 3.42. The summed E-state index contributed by atoms with van der Waals surface area (Å²) in [6.45, 7) is 1.67. The lowest BCUT2D eigenvalue weighted by atomic mass is 10.1. The van der Waals surface area contributed by atoms with E-state index in [0.29, 0.717) is 37.7 Å². The average molecular weight is 287 g/mol. The Bertz CT molecular complexity index is 603. The first-order valence-electron chi connectivity index (χ1n) is 6.96. The molecule has 2 N–H and O–H groups in total. The summed E-state index contributed by atoms with van der Waals surface area (Å²) in [6, 6.07) is 11.0. The van der Waals surface area contributed by atoms with Gasteiger partial charge in [0, 0.05) is 12.6 Å². The zero-order valence-corrected chi connectivity index (χ0v) is 11.5. The van der Waals surface area contributed by atoms with Gasteiger partial charge in [0.1, 0.15) is 6.61 Å². The zero-order valence-electron chi connectivity index (χ0n) is 11.5. The average Bonchev–Trinajstić information content (AvgIpc) is 3.09. The van der Waals surface area contributed by atoms with Gasteiger partial charge in [0.05, 0.1) is 12.6 Å². The van der Waals surface area contributed by atoms with E-state index in [2.05, 4.69) is 10.4 Å². The molecule has 0 saturated carbocycles. The van der Waals surface area contributed by atoms with E-state index < -0.39 is 6.10 Å². The van der Waals surface area contributed by atoms with Crippen molar-refractivity contribution in [1.82, 2.24) is 15.1 Å². The summed E-state index contributed by atoms with van der Waals surface area (Å²) in [5, 5.41) is 16.9. The molecule has 1 atom stereocenters. The Hall–Kier alpha value is -2.34. The molecule has 0 bridgehead atoms. The van der Waals surface area contributed by atoms with Gasteiger partial charge in [0.2, 0.25) is 5.88 Å². The molecule has 110 valence electrons. The van der Waals surface area contributed by atoms with Crippen molar-refractivity contribution in [3.05, 3.63) is 47.7 Å². The van der Waals surface area contributed by atoms with Crippen LogP contribution >= 0.6 is 0 Å². The molecule has 2 aromatic rings. The first kappa shape index (κ1) is 13.6. The highest BCUT2D eigenvalue weighted by molar-refractivity contribution is 5.92. The summed E-state index contributed by atoms with van der Waals surface area (Å²) < 4.78 is 6.98. The Morgan fingerprint density at radius 3 is 3.00 bits per heavy atom. The lowest BCUT2D eigenvalue weighted by Gasteiger charge is -2.11. The summed E-state index contributed by atoms with van der Waals surface area (Å²) in [4.78, 5) is 11.9. The van der Waals surface area contributed by atoms with Crippen molar-refractivity contribution in [1.29, 1.82) is 0 Å². The van der Waals surface area contributed by atoms with E-state index in [0.717, 1.165) is 5.56 Å². The molecule has 0 radical (unpaired) electrons. The highest BCUT2D eigenvalue weighted by atomic mass is 16.5. The molecule has 21 heavy (non-hydrogen) atoms. The first-order chi connectivity index (χ1) is 10.2. The number of hydrogen-bond donors (Lipinski definition) is 2. The fourth-order valence-corrected chi connectivity index (χ4v) is 2.28. The number of rotatable bonds is 5. The molecule has 6 nitrogen and oxygen atoms in total. The number of ether oxygens (including phenoxy) is 1. The molecule has 0 saturated heterocycles. The smallest absolute Gasteiger partial charge is 0.271 e. The molecule has 1 aromatic heterocycles. The molecule has 1 aliphatic rings. The fourth-order valence-electron chi connectivity index (χ4n) is 2.28. The van der Waals surface area contributed by atoms with E-state index in [1.54, 1.807) is 10.7 Å². The summed E-state index contributed by atoms with van der Waals surface area (Å²) in [6.07, 6.45) is -0.123.